The highest BCUT2D eigenvalue weighted by atomic mass is 32.2. The molecule has 4 heterocycles. The third-order valence-electron chi connectivity index (χ3n) is 9.97. The van der Waals surface area contributed by atoms with Gasteiger partial charge in [-0.05, 0) is 37.8 Å². The van der Waals surface area contributed by atoms with Gasteiger partial charge in [-0.2, -0.15) is 0 Å². The van der Waals surface area contributed by atoms with Crippen LogP contribution in [0.25, 0.3) is 11.3 Å². The second-order valence-electron chi connectivity index (χ2n) is 13.0. The fourth-order valence-corrected chi connectivity index (χ4v) is 8.56. The number of carbonyl (C=O) groups excluding carboxylic acids is 1. The molecule has 0 bridgehead atoms. The Morgan fingerprint density at radius 3 is 2.30 bits per heavy atom. The molecule has 4 aliphatic rings. The summed E-state index contributed by atoms with van der Waals surface area (Å²) in [6.45, 7) is 0.0737. The van der Waals surface area contributed by atoms with Crippen molar-refractivity contribution in [1.82, 2.24) is 19.9 Å². The molecular weight excluding hydrogens is 655 g/mol. The number of nitrogens with zero attached hydrogens (tertiary/aromatic N) is 4. The van der Waals surface area contributed by atoms with E-state index in [4.69, 9.17) is 14.2 Å². The molecule has 0 unspecified atom stereocenters. The Bertz CT molecular complexity index is 1420. The molecule has 0 radical (unpaired) electrons. The first-order valence-corrected chi connectivity index (χ1v) is 16.4. The number of piperidine rings is 1. The van der Waals surface area contributed by atoms with Gasteiger partial charge in [-0.1, -0.05) is 5.21 Å². The van der Waals surface area contributed by atoms with E-state index >= 15 is 0 Å². The quantitative estimate of drug-likeness (QED) is 0.280. The van der Waals surface area contributed by atoms with Gasteiger partial charge in [0.2, 0.25) is 5.91 Å². The Labute approximate surface area is 271 Å². The number of amides is 1. The topological polar surface area (TPSA) is 139 Å². The highest BCUT2D eigenvalue weighted by Crippen LogP contribution is 2.50. The number of benzene rings is 1. The van der Waals surface area contributed by atoms with Gasteiger partial charge in [0.05, 0.1) is 31.6 Å². The number of halogens is 5. The van der Waals surface area contributed by atoms with E-state index < -0.39 is 89.4 Å². The summed E-state index contributed by atoms with van der Waals surface area (Å²) in [6, 6.07) is 0.363. The van der Waals surface area contributed by atoms with Crippen molar-refractivity contribution >= 4 is 17.7 Å². The number of likely N-dealkylation sites (tertiary alicyclic amines) is 1. The van der Waals surface area contributed by atoms with Crippen LogP contribution in [-0.4, -0.2) is 122 Å². The van der Waals surface area contributed by atoms with Crippen LogP contribution < -0.4 is 0 Å². The van der Waals surface area contributed by atoms with Gasteiger partial charge in [-0.3, -0.25) is 4.79 Å². The molecule has 47 heavy (non-hydrogen) atoms. The summed E-state index contributed by atoms with van der Waals surface area (Å²) in [7, 11) is 1.32. The molecule has 3 aliphatic heterocycles. The lowest BCUT2D eigenvalue weighted by Gasteiger charge is -2.52. The number of methoxy groups -OCH3 is 1. The number of aliphatic hydroxyl groups is 3. The first kappa shape index (κ1) is 34.5. The lowest BCUT2D eigenvalue weighted by atomic mass is 9.66. The predicted molar refractivity (Wildman–Crippen MR) is 156 cm³/mol. The van der Waals surface area contributed by atoms with E-state index in [1.54, 1.807) is 0 Å². The van der Waals surface area contributed by atoms with Gasteiger partial charge in [-0.25, -0.2) is 26.6 Å². The molecule has 1 aromatic heterocycles. The van der Waals surface area contributed by atoms with Crippen LogP contribution in [0.1, 0.15) is 44.6 Å². The molecule has 1 aromatic carbocycles. The summed E-state index contributed by atoms with van der Waals surface area (Å²) in [5, 5.41) is 40.2. The van der Waals surface area contributed by atoms with Gasteiger partial charge in [0.1, 0.15) is 40.7 Å². The van der Waals surface area contributed by atoms with E-state index in [0.29, 0.717) is 26.1 Å². The average molecular weight is 693 g/mol. The molecule has 260 valence electrons. The van der Waals surface area contributed by atoms with E-state index in [-0.39, 0.29) is 42.6 Å². The van der Waals surface area contributed by atoms with Gasteiger partial charge in [-0.15, -0.1) is 16.9 Å². The number of alkyl halides is 2. The van der Waals surface area contributed by atoms with Gasteiger partial charge >= 0.3 is 0 Å². The predicted octanol–water partition coefficient (Wildman–Crippen LogP) is 2.68. The number of hydrogen-bond donors (Lipinski definition) is 3. The summed E-state index contributed by atoms with van der Waals surface area (Å²) >= 11 is 0.928. The third kappa shape index (κ3) is 6.64. The average Bonchev–Trinajstić information content (AvgIpc) is 3.51. The summed E-state index contributed by atoms with van der Waals surface area (Å²) in [5.74, 6) is -7.94. The Morgan fingerprint density at radius 1 is 1.11 bits per heavy atom. The molecule has 1 aliphatic carbocycles. The monoisotopic (exact) mass is 692 g/mol. The summed E-state index contributed by atoms with van der Waals surface area (Å²) in [6.07, 6.45) is -1.82. The zero-order valence-corrected chi connectivity index (χ0v) is 26.4. The van der Waals surface area contributed by atoms with E-state index in [1.165, 1.54) is 22.9 Å². The van der Waals surface area contributed by atoms with Crippen LogP contribution >= 0.6 is 11.8 Å². The maximum Gasteiger partial charge on any atom is 0.251 e. The van der Waals surface area contributed by atoms with Gasteiger partial charge in [0, 0.05) is 44.0 Å². The van der Waals surface area contributed by atoms with E-state index in [2.05, 4.69) is 10.3 Å². The summed E-state index contributed by atoms with van der Waals surface area (Å²) in [5.41, 5.74) is -2.90. The maximum atomic E-state index is 14.1. The standard InChI is InChI=1S/C30H37F5N4O7S/c1-44-24-22(39-12-19(36-37-39)16-10-17(31)21(33)18(32)11-16)23(41)20(13-40)46-27(24)47-25(26(42)38-8-6-30(34,35)7-9-38)29(43)4-2-28(3-5-29)14-45-15-28/h10-12,20,22-25,27,40-41,43H,2-9,13-15H2,1H3/t20-,22+,23+,24-,25-,27+/m1/s1. The zero-order chi connectivity index (χ0) is 33.7. The van der Waals surface area contributed by atoms with Crippen molar-refractivity contribution in [3.05, 3.63) is 35.8 Å². The number of rotatable bonds is 8. The zero-order valence-electron chi connectivity index (χ0n) is 25.5. The minimum atomic E-state index is -2.90. The molecule has 11 nitrogen and oxygen atoms in total. The first-order chi connectivity index (χ1) is 22.3. The number of aromatic nitrogens is 3. The molecule has 17 heteroatoms. The molecule has 1 amide bonds. The highest BCUT2D eigenvalue weighted by molar-refractivity contribution is 8.01. The minimum Gasteiger partial charge on any atom is -0.394 e. The van der Waals surface area contributed by atoms with Crippen LogP contribution in [0.2, 0.25) is 0 Å². The van der Waals surface area contributed by atoms with Crippen molar-refractivity contribution in [1.29, 1.82) is 0 Å². The highest BCUT2D eigenvalue weighted by Gasteiger charge is 2.55. The van der Waals surface area contributed by atoms with Gasteiger partial charge in [0.15, 0.2) is 17.5 Å². The van der Waals surface area contributed by atoms with Crippen molar-refractivity contribution in [2.75, 3.05) is 40.0 Å². The van der Waals surface area contributed by atoms with E-state index in [1.807, 2.05) is 0 Å². The molecule has 6 atom stereocenters. The lowest BCUT2D eigenvalue weighted by Crippen LogP contribution is -2.60. The summed E-state index contributed by atoms with van der Waals surface area (Å²) in [4.78, 5) is 15.4. The molecule has 2 aromatic rings. The van der Waals surface area contributed by atoms with Crippen LogP contribution in [0.3, 0.4) is 0 Å². The van der Waals surface area contributed by atoms with Crippen LogP contribution in [0.4, 0.5) is 22.0 Å². The van der Waals surface area contributed by atoms with Crippen molar-refractivity contribution in [3.8, 4) is 11.3 Å². The van der Waals surface area contributed by atoms with E-state index in [0.717, 1.165) is 23.9 Å². The molecule has 1 spiro atoms. The van der Waals surface area contributed by atoms with Gasteiger partial charge < -0.3 is 34.4 Å². The number of ether oxygens (including phenoxy) is 3. The number of carbonyl (C=O) groups is 1. The second kappa shape index (κ2) is 13.1. The van der Waals surface area contributed by atoms with Crippen molar-refractivity contribution in [2.24, 2.45) is 5.41 Å². The van der Waals surface area contributed by atoms with Crippen LogP contribution in [0, 0.1) is 22.9 Å². The largest absolute Gasteiger partial charge is 0.394 e. The first-order valence-electron chi connectivity index (χ1n) is 15.4. The van der Waals surface area contributed by atoms with Crippen molar-refractivity contribution in [3.63, 3.8) is 0 Å². The second-order valence-corrected chi connectivity index (χ2v) is 14.2. The number of aliphatic hydroxyl groups excluding tert-OH is 2. The minimum absolute atomic E-state index is 0.0542. The smallest absolute Gasteiger partial charge is 0.251 e. The molecule has 4 fully saturated rings. The number of thioether (sulfide) groups is 1. The van der Waals surface area contributed by atoms with Crippen molar-refractivity contribution < 1.29 is 56.3 Å². The number of hydrogen-bond acceptors (Lipinski definition) is 10. The third-order valence-corrected chi connectivity index (χ3v) is 11.5. The molecule has 3 saturated heterocycles. The van der Waals surface area contributed by atoms with E-state index in [9.17, 15) is 42.1 Å². The fraction of sp³-hybridized carbons (Fsp3) is 0.700. The maximum absolute atomic E-state index is 14.1. The van der Waals surface area contributed by atoms with Crippen LogP contribution in [-0.2, 0) is 19.0 Å². The van der Waals surface area contributed by atoms with Crippen LogP contribution in [0.15, 0.2) is 18.3 Å². The van der Waals surface area contributed by atoms with Gasteiger partial charge in [0.25, 0.3) is 5.92 Å². The Hall–Kier alpha value is -2.41. The lowest BCUT2D eigenvalue weighted by molar-refractivity contribution is -0.187. The Kier molecular flexibility index (Phi) is 9.63. The van der Waals surface area contributed by atoms with Crippen molar-refractivity contribution in [2.45, 2.75) is 85.1 Å². The normalized spacial score (nSPS) is 30.6. The Morgan fingerprint density at radius 2 is 1.74 bits per heavy atom. The molecule has 1 saturated carbocycles. The Balaban J connectivity index is 1.30. The molecular formula is C30H37F5N4O7S. The molecule has 3 N–H and O–H groups in total. The molecule has 6 rings (SSSR count). The SMILES string of the molecule is CO[C@@H]1[C@@H](n2cc(-c3cc(F)c(F)c(F)c3)nn2)[C@@H](O)[C@@H](CO)O[C@H]1S[C@H](C(=O)N1CCC(F)(F)CC1)C1(O)CCC2(CC1)COC2. The summed E-state index contributed by atoms with van der Waals surface area (Å²) < 4.78 is 87.9. The van der Waals surface area contributed by atoms with Crippen LogP contribution in [0.5, 0.6) is 0 Å². The fourth-order valence-electron chi connectivity index (χ4n) is 6.91.